The summed E-state index contributed by atoms with van der Waals surface area (Å²) >= 11 is 6.13. The van der Waals surface area contributed by atoms with Gasteiger partial charge in [0, 0.05) is 23.9 Å². The Balaban J connectivity index is 1.57. The maximum atomic E-state index is 12.4. The summed E-state index contributed by atoms with van der Waals surface area (Å²) in [7, 11) is 0. The minimum Gasteiger partial charge on any atom is -0.480 e. The highest BCUT2D eigenvalue weighted by Gasteiger charge is 2.53. The number of halogens is 1. The van der Waals surface area contributed by atoms with E-state index in [2.05, 4.69) is 29.6 Å². The molecule has 166 valence electrons. The van der Waals surface area contributed by atoms with Gasteiger partial charge in [-0.1, -0.05) is 41.9 Å². The molecule has 1 fully saturated rings. The number of fused-ring (bicyclic) bond motifs is 2. The molecule has 0 saturated heterocycles. The summed E-state index contributed by atoms with van der Waals surface area (Å²) in [5.41, 5.74) is 2.76. The maximum Gasteiger partial charge on any atom is 0.329 e. The molecular formula is C26H32ClNO3. The standard InChI is InChI=1S/C26H32ClNO3/c1-2-31-16-6-8-20-17-19-7-3-4-11-23(19)25(20)12-14-26(15-13-25,24(29)30)28-22-10-5-9-21(27)18-22/h3-5,7,9-11,18,20,28H,2,6,8,12-17H2,1H3,(H,29,30). The lowest BCUT2D eigenvalue weighted by molar-refractivity contribution is -0.144. The Hall–Kier alpha value is -2.04. The van der Waals surface area contributed by atoms with Crippen molar-refractivity contribution in [1.82, 2.24) is 0 Å². The molecule has 0 aliphatic heterocycles. The van der Waals surface area contributed by atoms with E-state index in [4.69, 9.17) is 16.3 Å². The predicted octanol–water partition coefficient (Wildman–Crippen LogP) is 6.08. The average molecular weight is 442 g/mol. The fourth-order valence-electron chi connectivity index (χ4n) is 5.85. The number of aliphatic carboxylic acids is 1. The third kappa shape index (κ3) is 4.33. The Labute approximate surface area is 190 Å². The maximum absolute atomic E-state index is 12.4. The van der Waals surface area contributed by atoms with Gasteiger partial charge in [0.1, 0.15) is 5.54 Å². The van der Waals surface area contributed by atoms with E-state index >= 15 is 0 Å². The van der Waals surface area contributed by atoms with Crippen molar-refractivity contribution in [1.29, 1.82) is 0 Å². The zero-order valence-electron chi connectivity index (χ0n) is 18.2. The first-order chi connectivity index (χ1) is 15.0. The van der Waals surface area contributed by atoms with Gasteiger partial charge in [-0.15, -0.1) is 0 Å². The van der Waals surface area contributed by atoms with Gasteiger partial charge in [-0.25, -0.2) is 4.79 Å². The largest absolute Gasteiger partial charge is 0.480 e. The van der Waals surface area contributed by atoms with Crippen molar-refractivity contribution in [3.63, 3.8) is 0 Å². The molecule has 2 aliphatic carbocycles. The number of carboxylic acid groups (broad SMARTS) is 1. The van der Waals surface area contributed by atoms with E-state index < -0.39 is 11.5 Å². The number of hydrogen-bond acceptors (Lipinski definition) is 3. The zero-order valence-corrected chi connectivity index (χ0v) is 19.0. The molecule has 0 radical (unpaired) electrons. The van der Waals surface area contributed by atoms with Gasteiger partial charge in [0.25, 0.3) is 0 Å². The summed E-state index contributed by atoms with van der Waals surface area (Å²) in [6.07, 6.45) is 6.22. The van der Waals surface area contributed by atoms with Crippen LogP contribution >= 0.6 is 11.6 Å². The van der Waals surface area contributed by atoms with Gasteiger partial charge in [-0.2, -0.15) is 0 Å². The molecule has 0 aromatic heterocycles. The van der Waals surface area contributed by atoms with E-state index in [1.165, 1.54) is 11.1 Å². The van der Waals surface area contributed by atoms with Gasteiger partial charge in [-0.05, 0) is 92.5 Å². The second-order valence-electron chi connectivity index (χ2n) is 9.08. The van der Waals surface area contributed by atoms with E-state index in [1.54, 1.807) is 12.1 Å². The van der Waals surface area contributed by atoms with Crippen LogP contribution in [-0.4, -0.2) is 29.8 Å². The molecule has 2 aliphatic rings. The predicted molar refractivity (Wildman–Crippen MR) is 125 cm³/mol. The minimum atomic E-state index is -0.955. The third-order valence-electron chi connectivity index (χ3n) is 7.46. The second-order valence-corrected chi connectivity index (χ2v) is 9.51. The molecule has 0 amide bonds. The fourth-order valence-corrected chi connectivity index (χ4v) is 6.04. The summed E-state index contributed by atoms with van der Waals surface area (Å²) in [5.74, 6) is -0.232. The lowest BCUT2D eigenvalue weighted by Crippen LogP contribution is -2.53. The van der Waals surface area contributed by atoms with Crippen LogP contribution in [0.15, 0.2) is 48.5 Å². The van der Waals surface area contributed by atoms with Crippen molar-refractivity contribution in [3.8, 4) is 0 Å². The van der Waals surface area contributed by atoms with E-state index in [0.717, 1.165) is 51.0 Å². The highest BCUT2D eigenvalue weighted by molar-refractivity contribution is 6.30. The van der Waals surface area contributed by atoms with Crippen LogP contribution in [0.3, 0.4) is 0 Å². The van der Waals surface area contributed by atoms with E-state index in [0.29, 0.717) is 23.8 Å². The van der Waals surface area contributed by atoms with Gasteiger partial charge in [-0.3, -0.25) is 0 Å². The Morgan fingerprint density at radius 1 is 1.16 bits per heavy atom. The van der Waals surface area contributed by atoms with Crippen LogP contribution in [0.25, 0.3) is 0 Å². The fraction of sp³-hybridized carbons (Fsp3) is 0.500. The van der Waals surface area contributed by atoms with Crippen LogP contribution < -0.4 is 5.32 Å². The molecule has 0 bridgehead atoms. The van der Waals surface area contributed by atoms with Crippen molar-refractivity contribution >= 4 is 23.3 Å². The highest BCUT2D eigenvalue weighted by atomic mass is 35.5. The van der Waals surface area contributed by atoms with Crippen LogP contribution in [0.4, 0.5) is 5.69 Å². The summed E-state index contributed by atoms with van der Waals surface area (Å²) < 4.78 is 5.59. The van der Waals surface area contributed by atoms with Crippen LogP contribution in [0.2, 0.25) is 5.02 Å². The Morgan fingerprint density at radius 2 is 1.94 bits per heavy atom. The van der Waals surface area contributed by atoms with Crippen LogP contribution in [0, 0.1) is 5.92 Å². The number of carboxylic acids is 1. The second kappa shape index (κ2) is 9.22. The minimum absolute atomic E-state index is 0.0672. The molecule has 2 N–H and O–H groups in total. The molecule has 4 rings (SSSR count). The number of benzene rings is 2. The Morgan fingerprint density at radius 3 is 2.65 bits per heavy atom. The topological polar surface area (TPSA) is 58.6 Å². The Kier molecular flexibility index (Phi) is 6.59. The number of hydrogen-bond donors (Lipinski definition) is 2. The molecule has 1 spiro atoms. The lowest BCUT2D eigenvalue weighted by atomic mass is 9.60. The van der Waals surface area contributed by atoms with Gasteiger partial charge in [0.2, 0.25) is 0 Å². The van der Waals surface area contributed by atoms with Gasteiger partial charge < -0.3 is 15.2 Å². The van der Waals surface area contributed by atoms with Crippen LogP contribution in [-0.2, 0) is 21.4 Å². The SMILES string of the molecule is CCOCCCC1Cc2ccccc2C12CCC(Nc1cccc(Cl)c1)(C(=O)O)CC2. The summed E-state index contributed by atoms with van der Waals surface area (Å²) in [6.45, 7) is 3.59. The molecular weight excluding hydrogens is 410 g/mol. The molecule has 4 nitrogen and oxygen atoms in total. The normalized spacial score (nSPS) is 27.2. The van der Waals surface area contributed by atoms with E-state index in [-0.39, 0.29) is 5.41 Å². The number of carbonyl (C=O) groups is 1. The van der Waals surface area contributed by atoms with Crippen molar-refractivity contribution in [2.24, 2.45) is 5.92 Å². The molecule has 1 unspecified atom stereocenters. The highest BCUT2D eigenvalue weighted by Crippen LogP contribution is 2.55. The quantitative estimate of drug-likeness (QED) is 0.487. The van der Waals surface area contributed by atoms with Crippen molar-refractivity contribution in [2.45, 2.75) is 62.8 Å². The molecule has 2 aromatic carbocycles. The van der Waals surface area contributed by atoms with Crippen LogP contribution in [0.1, 0.15) is 56.6 Å². The lowest BCUT2D eigenvalue weighted by Gasteiger charge is -2.47. The monoisotopic (exact) mass is 441 g/mol. The molecule has 1 atom stereocenters. The molecule has 2 aromatic rings. The first kappa shape index (κ1) is 22.2. The first-order valence-corrected chi connectivity index (χ1v) is 11.8. The molecule has 0 heterocycles. The van der Waals surface area contributed by atoms with Crippen molar-refractivity contribution in [3.05, 3.63) is 64.7 Å². The third-order valence-corrected chi connectivity index (χ3v) is 7.70. The van der Waals surface area contributed by atoms with Gasteiger partial charge in [0.15, 0.2) is 0 Å². The molecule has 1 saturated carbocycles. The number of nitrogens with one attached hydrogen (secondary N) is 1. The summed E-state index contributed by atoms with van der Waals surface area (Å²) in [5, 5.41) is 14.1. The summed E-state index contributed by atoms with van der Waals surface area (Å²) in [6, 6.07) is 16.1. The summed E-state index contributed by atoms with van der Waals surface area (Å²) in [4.78, 5) is 12.4. The van der Waals surface area contributed by atoms with Crippen molar-refractivity contribution < 1.29 is 14.6 Å². The van der Waals surface area contributed by atoms with Gasteiger partial charge >= 0.3 is 5.97 Å². The molecule has 31 heavy (non-hydrogen) atoms. The van der Waals surface area contributed by atoms with E-state index in [1.807, 2.05) is 19.1 Å². The van der Waals surface area contributed by atoms with Crippen molar-refractivity contribution in [2.75, 3.05) is 18.5 Å². The van der Waals surface area contributed by atoms with E-state index in [9.17, 15) is 9.90 Å². The number of rotatable bonds is 8. The van der Waals surface area contributed by atoms with Gasteiger partial charge in [0.05, 0.1) is 0 Å². The zero-order chi connectivity index (χ0) is 21.9. The smallest absolute Gasteiger partial charge is 0.329 e. The molecule has 5 heteroatoms. The number of ether oxygens (including phenoxy) is 1. The number of anilines is 1. The Bertz CT molecular complexity index is 920. The average Bonchev–Trinajstić information content (AvgIpc) is 3.06. The van der Waals surface area contributed by atoms with Crippen LogP contribution in [0.5, 0.6) is 0 Å². The first-order valence-electron chi connectivity index (χ1n) is 11.4.